The first kappa shape index (κ1) is 18.9. The average Bonchev–Trinajstić information content (AvgIpc) is 3.45. The van der Waals surface area contributed by atoms with E-state index in [4.69, 9.17) is 4.42 Å². The van der Waals surface area contributed by atoms with Gasteiger partial charge in [-0.3, -0.25) is 19.1 Å². The maximum Gasteiger partial charge on any atom is 0.298 e. The molecule has 4 heterocycles. The summed E-state index contributed by atoms with van der Waals surface area (Å²) in [5.41, 5.74) is 2.33. The molecule has 1 atom stereocenters. The second-order valence-electron chi connectivity index (χ2n) is 7.51. The third-order valence-corrected chi connectivity index (χ3v) is 5.53. The van der Waals surface area contributed by atoms with Crippen LogP contribution in [0.2, 0.25) is 0 Å². The minimum atomic E-state index is -0.802. The molecule has 0 bridgehead atoms. The molecule has 9 nitrogen and oxygen atoms in total. The summed E-state index contributed by atoms with van der Waals surface area (Å²) in [5.74, 6) is -0.808. The number of aryl methyl sites for hydroxylation is 2. The van der Waals surface area contributed by atoms with Crippen LogP contribution in [-0.4, -0.2) is 32.4 Å². The largest absolute Gasteiger partial charge is 0.469 e. The Hall–Kier alpha value is -4.14. The number of anilines is 2. The van der Waals surface area contributed by atoms with Gasteiger partial charge in [0.05, 0.1) is 23.3 Å². The minimum Gasteiger partial charge on any atom is -0.469 e. The number of para-hydroxylation sites is 1. The van der Waals surface area contributed by atoms with Crippen LogP contribution in [0.5, 0.6) is 0 Å². The van der Waals surface area contributed by atoms with Gasteiger partial charge in [0.25, 0.3) is 11.7 Å². The number of hydrogen-bond donors (Lipinski definition) is 3. The molecule has 0 fully saturated rings. The van der Waals surface area contributed by atoms with Gasteiger partial charge in [0.15, 0.2) is 5.82 Å². The van der Waals surface area contributed by atoms with Crippen molar-refractivity contribution in [3.63, 3.8) is 0 Å². The molecule has 3 aromatic heterocycles. The summed E-state index contributed by atoms with van der Waals surface area (Å²) in [6.45, 7) is 1.76. The van der Waals surface area contributed by atoms with E-state index in [2.05, 4.69) is 20.7 Å². The summed E-state index contributed by atoms with van der Waals surface area (Å²) in [7, 11) is 1.66. The smallest absolute Gasteiger partial charge is 0.298 e. The number of benzene rings is 1. The lowest BCUT2D eigenvalue weighted by Gasteiger charge is -2.22. The molecule has 1 aliphatic rings. The topological polar surface area (TPSA) is 122 Å². The van der Waals surface area contributed by atoms with E-state index in [-0.39, 0.29) is 18.1 Å². The van der Waals surface area contributed by atoms with E-state index in [1.165, 1.54) is 10.9 Å². The van der Waals surface area contributed by atoms with Crippen LogP contribution in [0.1, 0.15) is 39.7 Å². The van der Waals surface area contributed by atoms with E-state index in [1.807, 2.05) is 18.2 Å². The summed E-state index contributed by atoms with van der Waals surface area (Å²) in [6, 6.07) is 10.8. The number of fused-ring (bicyclic) bond motifs is 2. The highest BCUT2D eigenvalue weighted by Crippen LogP contribution is 2.41. The molecule has 0 radical (unpaired) electrons. The highest BCUT2D eigenvalue weighted by Gasteiger charge is 2.35. The van der Waals surface area contributed by atoms with Gasteiger partial charge in [0, 0.05) is 30.1 Å². The van der Waals surface area contributed by atoms with Gasteiger partial charge in [-0.2, -0.15) is 5.10 Å². The fraction of sp³-hybridized carbons (Fsp3) is 0.182. The summed E-state index contributed by atoms with van der Waals surface area (Å²) in [5, 5.41) is 10.5. The quantitative estimate of drug-likeness (QED) is 0.348. The highest BCUT2D eigenvalue weighted by molar-refractivity contribution is 6.48. The number of ketones is 1. The van der Waals surface area contributed by atoms with Gasteiger partial charge >= 0.3 is 0 Å². The summed E-state index contributed by atoms with van der Waals surface area (Å²) < 4.78 is 6.99. The van der Waals surface area contributed by atoms with Crippen LogP contribution in [-0.2, 0) is 16.6 Å². The molecule has 4 aromatic rings. The molecule has 9 heteroatoms. The maximum absolute atomic E-state index is 13.0. The number of carbonyl (C=O) groups excluding carboxylic acids is 3. The number of Topliss-reactive ketones (excluding diaryl/α,β-unsaturated/α-hetero) is 1. The number of nitrogens with one attached hydrogen (secondary N) is 3. The van der Waals surface area contributed by atoms with E-state index in [0.29, 0.717) is 33.8 Å². The Morgan fingerprint density at radius 2 is 2.03 bits per heavy atom. The summed E-state index contributed by atoms with van der Waals surface area (Å²) in [4.78, 5) is 41.3. The predicted octanol–water partition coefficient (Wildman–Crippen LogP) is 3.10. The molecule has 1 aliphatic heterocycles. The molecular weight excluding hydrogens is 398 g/mol. The number of H-pyrrole nitrogens is 1. The van der Waals surface area contributed by atoms with Crippen molar-refractivity contribution in [1.29, 1.82) is 0 Å². The lowest BCUT2D eigenvalue weighted by atomic mass is 9.91. The van der Waals surface area contributed by atoms with Crippen LogP contribution >= 0.6 is 0 Å². The molecule has 5 rings (SSSR count). The van der Waals surface area contributed by atoms with Crippen molar-refractivity contribution >= 4 is 40.1 Å². The zero-order chi connectivity index (χ0) is 21.7. The SMILES string of the molecule is Cc1[nH]c2ccccc2c1C(=O)C(=O)Nc1nn(C)c2c1[C@H](c1ccco1)CC(=O)N2. The second kappa shape index (κ2) is 6.98. The minimum absolute atomic E-state index is 0.143. The first-order chi connectivity index (χ1) is 14.9. The Labute approximate surface area is 176 Å². The van der Waals surface area contributed by atoms with E-state index in [1.54, 1.807) is 32.2 Å². The Morgan fingerprint density at radius 1 is 1.23 bits per heavy atom. The molecular formula is C22H19N5O4. The van der Waals surface area contributed by atoms with Gasteiger partial charge in [0.1, 0.15) is 11.6 Å². The lowest BCUT2D eigenvalue weighted by molar-refractivity contribution is -0.116. The molecule has 0 saturated carbocycles. The Bertz CT molecular complexity index is 1350. The molecule has 156 valence electrons. The fourth-order valence-corrected chi connectivity index (χ4v) is 4.16. The van der Waals surface area contributed by atoms with Crippen LogP contribution in [0.4, 0.5) is 11.6 Å². The normalized spacial score (nSPS) is 15.5. The number of aromatic nitrogens is 3. The molecule has 31 heavy (non-hydrogen) atoms. The third-order valence-electron chi connectivity index (χ3n) is 5.53. The van der Waals surface area contributed by atoms with Gasteiger partial charge in [-0.1, -0.05) is 18.2 Å². The molecule has 0 spiro atoms. The van der Waals surface area contributed by atoms with Crippen LogP contribution in [0, 0.1) is 6.92 Å². The number of carbonyl (C=O) groups is 3. The number of furan rings is 1. The molecule has 1 aromatic carbocycles. The first-order valence-electron chi connectivity index (χ1n) is 9.77. The summed E-state index contributed by atoms with van der Waals surface area (Å²) in [6.07, 6.45) is 1.67. The van der Waals surface area contributed by atoms with Crippen LogP contribution < -0.4 is 10.6 Å². The Morgan fingerprint density at radius 3 is 2.81 bits per heavy atom. The monoisotopic (exact) mass is 417 g/mol. The van der Waals surface area contributed by atoms with Crippen molar-refractivity contribution in [2.24, 2.45) is 7.05 Å². The van der Waals surface area contributed by atoms with Crippen molar-refractivity contribution < 1.29 is 18.8 Å². The van der Waals surface area contributed by atoms with Crippen LogP contribution in [0.15, 0.2) is 47.1 Å². The number of rotatable bonds is 4. The highest BCUT2D eigenvalue weighted by atomic mass is 16.3. The van der Waals surface area contributed by atoms with Crippen molar-refractivity contribution in [3.05, 3.63) is 65.2 Å². The molecule has 0 unspecified atom stereocenters. The van der Waals surface area contributed by atoms with Gasteiger partial charge in [-0.05, 0) is 25.1 Å². The number of hydrogen-bond acceptors (Lipinski definition) is 5. The van der Waals surface area contributed by atoms with E-state index in [0.717, 1.165) is 5.52 Å². The number of amides is 2. The van der Waals surface area contributed by atoms with Gasteiger partial charge in [-0.25, -0.2) is 0 Å². The van der Waals surface area contributed by atoms with E-state index in [9.17, 15) is 14.4 Å². The predicted molar refractivity (Wildman–Crippen MR) is 113 cm³/mol. The van der Waals surface area contributed by atoms with Crippen molar-refractivity contribution in [2.45, 2.75) is 19.3 Å². The van der Waals surface area contributed by atoms with Crippen LogP contribution in [0.25, 0.3) is 10.9 Å². The van der Waals surface area contributed by atoms with Crippen molar-refractivity contribution in [3.8, 4) is 0 Å². The number of nitrogens with zero attached hydrogens (tertiary/aromatic N) is 2. The zero-order valence-electron chi connectivity index (χ0n) is 16.9. The van der Waals surface area contributed by atoms with Gasteiger partial charge in [-0.15, -0.1) is 0 Å². The molecule has 0 saturated heterocycles. The third kappa shape index (κ3) is 3.02. The molecule has 0 aliphatic carbocycles. The maximum atomic E-state index is 13.0. The van der Waals surface area contributed by atoms with Crippen molar-refractivity contribution in [1.82, 2.24) is 14.8 Å². The number of aromatic amines is 1. The Kier molecular flexibility index (Phi) is 4.25. The molecule has 2 amide bonds. The van der Waals surface area contributed by atoms with Gasteiger partial charge < -0.3 is 20.0 Å². The summed E-state index contributed by atoms with van der Waals surface area (Å²) >= 11 is 0. The molecule has 3 N–H and O–H groups in total. The second-order valence-corrected chi connectivity index (χ2v) is 7.51. The van der Waals surface area contributed by atoms with Crippen LogP contribution in [0.3, 0.4) is 0 Å². The van der Waals surface area contributed by atoms with E-state index >= 15 is 0 Å². The van der Waals surface area contributed by atoms with Crippen molar-refractivity contribution in [2.75, 3.05) is 10.6 Å². The van der Waals surface area contributed by atoms with E-state index < -0.39 is 17.6 Å². The lowest BCUT2D eigenvalue weighted by Crippen LogP contribution is -2.27. The van der Waals surface area contributed by atoms with Gasteiger partial charge in [0.2, 0.25) is 5.91 Å². The Balaban J connectivity index is 1.52. The average molecular weight is 417 g/mol. The first-order valence-corrected chi connectivity index (χ1v) is 9.77. The standard InChI is InChI=1S/C22H19N5O4/c1-11-17(12-6-3-4-7-14(12)23-11)19(29)22(30)25-20-18-13(15-8-5-9-31-15)10-16(28)24-21(18)27(2)26-20/h3-9,13,23H,10H2,1-2H3,(H,24,28)(H,25,26,30)/t13-/m0/s1. The fourth-order valence-electron chi connectivity index (χ4n) is 4.16. The zero-order valence-corrected chi connectivity index (χ0v) is 16.9.